The van der Waals surface area contributed by atoms with Crippen LogP contribution in [0.3, 0.4) is 0 Å². The Kier molecular flexibility index (Phi) is 2.39. The van der Waals surface area contributed by atoms with Gasteiger partial charge in [-0.05, 0) is 24.0 Å². The summed E-state index contributed by atoms with van der Waals surface area (Å²) < 4.78 is 5.16. The van der Waals surface area contributed by atoms with E-state index >= 15 is 0 Å². The Hall–Kier alpha value is -1.51. The van der Waals surface area contributed by atoms with Crippen LogP contribution in [0.1, 0.15) is 30.5 Å². The molecule has 0 saturated carbocycles. The van der Waals surface area contributed by atoms with Gasteiger partial charge in [0.05, 0.1) is 12.1 Å². The number of carbonyl (C=O) groups is 1. The number of fused-ring (bicyclic) bond motifs is 1. The lowest BCUT2D eigenvalue weighted by Crippen LogP contribution is -2.02. The third kappa shape index (κ3) is 1.48. The van der Waals surface area contributed by atoms with Gasteiger partial charge in [-0.25, -0.2) is 0 Å². The van der Waals surface area contributed by atoms with Crippen LogP contribution in [0.2, 0.25) is 0 Å². The molecule has 3 nitrogen and oxygen atoms in total. The lowest BCUT2D eigenvalue weighted by molar-refractivity contribution is -0.131. The first-order valence-electron chi connectivity index (χ1n) is 5.31. The second-order valence-corrected chi connectivity index (χ2v) is 3.77. The smallest absolute Gasteiger partial charge is 0.315 e. The van der Waals surface area contributed by atoms with Gasteiger partial charge < -0.3 is 10.5 Å². The topological polar surface area (TPSA) is 52.3 Å². The highest BCUT2D eigenvalue weighted by atomic mass is 16.5. The molecule has 0 atom stereocenters. The maximum atomic E-state index is 11.2. The van der Waals surface area contributed by atoms with Crippen molar-refractivity contribution in [3.05, 3.63) is 22.8 Å². The highest BCUT2D eigenvalue weighted by Crippen LogP contribution is 2.38. The van der Waals surface area contributed by atoms with Gasteiger partial charge in [0.25, 0.3) is 0 Å². The predicted octanol–water partition coefficient (Wildman–Crippen LogP) is 1.86. The van der Waals surface area contributed by atoms with Crippen LogP contribution in [0.4, 0.5) is 5.69 Å². The van der Waals surface area contributed by atoms with Crippen LogP contribution >= 0.6 is 0 Å². The molecule has 3 heteroatoms. The third-order valence-electron chi connectivity index (χ3n) is 2.90. The first-order chi connectivity index (χ1) is 7.17. The number of carbonyl (C=O) groups excluding carboxylic acids is 1. The highest BCUT2D eigenvalue weighted by Gasteiger charge is 2.26. The van der Waals surface area contributed by atoms with Crippen LogP contribution in [0, 0.1) is 0 Å². The van der Waals surface area contributed by atoms with Crippen LogP contribution in [0.15, 0.2) is 6.07 Å². The Morgan fingerprint density at radius 2 is 2.00 bits per heavy atom. The Balaban J connectivity index is 2.62. The molecule has 1 aromatic rings. The van der Waals surface area contributed by atoms with E-state index in [4.69, 9.17) is 10.5 Å². The maximum Gasteiger partial charge on any atom is 0.315 e. The van der Waals surface area contributed by atoms with Crippen molar-refractivity contribution in [3.63, 3.8) is 0 Å². The zero-order valence-corrected chi connectivity index (χ0v) is 9.09. The minimum absolute atomic E-state index is 0.195. The van der Waals surface area contributed by atoms with Crippen LogP contribution < -0.4 is 10.5 Å². The third-order valence-corrected chi connectivity index (χ3v) is 2.90. The number of aryl methyl sites for hydroxylation is 2. The Labute approximate surface area is 89.2 Å². The van der Waals surface area contributed by atoms with E-state index in [1.807, 2.05) is 6.92 Å². The number of nitrogen functional groups attached to an aromatic ring is 1. The van der Waals surface area contributed by atoms with Crippen molar-refractivity contribution in [1.29, 1.82) is 0 Å². The van der Waals surface area contributed by atoms with Gasteiger partial charge in [-0.15, -0.1) is 0 Å². The molecule has 0 radical (unpaired) electrons. The first kappa shape index (κ1) is 10.0. The second kappa shape index (κ2) is 3.57. The minimum atomic E-state index is -0.195. The van der Waals surface area contributed by atoms with Crippen molar-refractivity contribution in [1.82, 2.24) is 0 Å². The molecule has 2 rings (SSSR count). The van der Waals surface area contributed by atoms with Gasteiger partial charge in [0.1, 0.15) is 0 Å². The monoisotopic (exact) mass is 205 g/mol. The molecule has 15 heavy (non-hydrogen) atoms. The zero-order valence-electron chi connectivity index (χ0n) is 9.09. The summed E-state index contributed by atoms with van der Waals surface area (Å²) in [5, 5.41) is 0. The number of nitrogens with two attached hydrogens (primary N) is 1. The molecule has 1 aromatic carbocycles. The van der Waals surface area contributed by atoms with Gasteiger partial charge in [-0.1, -0.05) is 19.9 Å². The fraction of sp³-hybridized carbons (Fsp3) is 0.417. The molecule has 0 saturated heterocycles. The number of hydrogen-bond acceptors (Lipinski definition) is 3. The first-order valence-corrected chi connectivity index (χ1v) is 5.31. The van der Waals surface area contributed by atoms with Crippen LogP contribution in [0.5, 0.6) is 5.75 Å². The molecule has 0 amide bonds. The molecule has 0 bridgehead atoms. The average molecular weight is 205 g/mol. The van der Waals surface area contributed by atoms with Gasteiger partial charge in [-0.3, -0.25) is 4.79 Å². The number of rotatable bonds is 2. The molecule has 0 unspecified atom stereocenters. The molecular formula is C12H15NO2. The molecule has 80 valence electrons. The SMILES string of the molecule is CCc1cc(CC)c2c(c1N)OC(=O)C2. The van der Waals surface area contributed by atoms with E-state index < -0.39 is 0 Å². The standard InChI is InChI=1S/C12H15NO2/c1-3-7-5-8(4-2)11(13)12-9(7)6-10(14)15-12/h5H,3-4,6,13H2,1-2H3. The van der Waals surface area contributed by atoms with E-state index in [2.05, 4.69) is 13.0 Å². The van der Waals surface area contributed by atoms with Crippen LogP contribution in [0.25, 0.3) is 0 Å². The Bertz CT molecular complexity index is 424. The van der Waals surface area contributed by atoms with Gasteiger partial charge in [0.2, 0.25) is 0 Å². The molecule has 0 aliphatic carbocycles. The summed E-state index contributed by atoms with van der Waals surface area (Å²) in [5.41, 5.74) is 9.82. The van der Waals surface area contributed by atoms with Crippen molar-refractivity contribution < 1.29 is 9.53 Å². The lowest BCUT2D eigenvalue weighted by Gasteiger charge is -2.11. The lowest BCUT2D eigenvalue weighted by atomic mass is 9.97. The molecule has 1 aliphatic heterocycles. The maximum absolute atomic E-state index is 11.2. The van der Waals surface area contributed by atoms with E-state index in [9.17, 15) is 4.79 Å². The van der Waals surface area contributed by atoms with Crippen molar-refractivity contribution in [2.75, 3.05) is 5.73 Å². The van der Waals surface area contributed by atoms with Crippen molar-refractivity contribution in [2.45, 2.75) is 33.1 Å². The average Bonchev–Trinajstić information content (AvgIpc) is 2.61. The summed E-state index contributed by atoms with van der Waals surface area (Å²) in [4.78, 5) is 11.2. The summed E-state index contributed by atoms with van der Waals surface area (Å²) in [6.45, 7) is 4.13. The summed E-state index contributed by atoms with van der Waals surface area (Å²) in [7, 11) is 0. The summed E-state index contributed by atoms with van der Waals surface area (Å²) in [6.07, 6.45) is 2.14. The summed E-state index contributed by atoms with van der Waals surface area (Å²) in [6, 6.07) is 2.09. The van der Waals surface area contributed by atoms with Gasteiger partial charge in [0.15, 0.2) is 5.75 Å². The molecule has 0 spiro atoms. The number of anilines is 1. The quantitative estimate of drug-likeness (QED) is 0.455. The molecular weight excluding hydrogens is 190 g/mol. The van der Waals surface area contributed by atoms with E-state index in [0.29, 0.717) is 17.9 Å². The summed E-state index contributed by atoms with van der Waals surface area (Å²) in [5.74, 6) is 0.413. The Morgan fingerprint density at radius 3 is 2.60 bits per heavy atom. The molecule has 0 aromatic heterocycles. The van der Waals surface area contributed by atoms with E-state index in [1.165, 1.54) is 5.56 Å². The fourth-order valence-electron chi connectivity index (χ4n) is 2.04. The highest BCUT2D eigenvalue weighted by molar-refractivity contribution is 5.86. The van der Waals surface area contributed by atoms with Gasteiger partial charge >= 0.3 is 5.97 Å². The number of ether oxygens (including phenoxy) is 1. The van der Waals surface area contributed by atoms with E-state index in [0.717, 1.165) is 24.0 Å². The zero-order chi connectivity index (χ0) is 11.0. The van der Waals surface area contributed by atoms with Crippen LogP contribution in [-0.2, 0) is 24.1 Å². The molecule has 1 aliphatic rings. The molecule has 1 heterocycles. The molecule has 2 N–H and O–H groups in total. The molecule has 0 fully saturated rings. The number of esters is 1. The normalized spacial score (nSPS) is 13.9. The predicted molar refractivity (Wildman–Crippen MR) is 58.9 cm³/mol. The Morgan fingerprint density at radius 1 is 1.33 bits per heavy atom. The van der Waals surface area contributed by atoms with Crippen molar-refractivity contribution in [3.8, 4) is 5.75 Å². The fourth-order valence-corrected chi connectivity index (χ4v) is 2.04. The number of hydrogen-bond donors (Lipinski definition) is 1. The largest absolute Gasteiger partial charge is 0.424 e. The summed E-state index contributed by atoms with van der Waals surface area (Å²) >= 11 is 0. The van der Waals surface area contributed by atoms with E-state index in [1.54, 1.807) is 0 Å². The van der Waals surface area contributed by atoms with Crippen molar-refractivity contribution in [2.24, 2.45) is 0 Å². The van der Waals surface area contributed by atoms with Gasteiger partial charge in [-0.2, -0.15) is 0 Å². The van der Waals surface area contributed by atoms with Crippen LogP contribution in [-0.4, -0.2) is 5.97 Å². The van der Waals surface area contributed by atoms with E-state index in [-0.39, 0.29) is 5.97 Å². The van der Waals surface area contributed by atoms with Gasteiger partial charge in [0, 0.05) is 5.56 Å². The number of benzene rings is 1. The second-order valence-electron chi connectivity index (χ2n) is 3.77. The minimum Gasteiger partial charge on any atom is -0.424 e. The van der Waals surface area contributed by atoms with Crippen molar-refractivity contribution >= 4 is 11.7 Å².